The van der Waals surface area contributed by atoms with Crippen LogP contribution in [0, 0.1) is 6.92 Å². The van der Waals surface area contributed by atoms with Crippen LogP contribution in [-0.4, -0.2) is 29.1 Å². The van der Waals surface area contributed by atoms with Crippen LogP contribution < -0.4 is 10.6 Å². The highest BCUT2D eigenvalue weighted by atomic mass is 16.4. The van der Waals surface area contributed by atoms with Gasteiger partial charge in [0.1, 0.15) is 11.7 Å². The summed E-state index contributed by atoms with van der Waals surface area (Å²) in [5.74, 6) is 1.14. The van der Waals surface area contributed by atoms with E-state index in [2.05, 4.69) is 22.2 Å². The van der Waals surface area contributed by atoms with Gasteiger partial charge in [-0.05, 0) is 31.5 Å². The molecular formula is C15H20N4O. The smallest absolute Gasteiger partial charge is 0.141 e. The SMILES string of the molecule is Cc1cc2ccccc2nc1N(C)C(C)CC(N)=NO. The highest BCUT2D eigenvalue weighted by Crippen LogP contribution is 2.23. The van der Waals surface area contributed by atoms with E-state index in [-0.39, 0.29) is 11.9 Å². The third-order valence-electron chi connectivity index (χ3n) is 3.52. The van der Waals surface area contributed by atoms with Gasteiger partial charge >= 0.3 is 0 Å². The van der Waals surface area contributed by atoms with Crippen molar-refractivity contribution >= 4 is 22.6 Å². The van der Waals surface area contributed by atoms with Gasteiger partial charge in [0.2, 0.25) is 0 Å². The molecule has 1 heterocycles. The number of anilines is 1. The molecule has 0 saturated heterocycles. The summed E-state index contributed by atoms with van der Waals surface area (Å²) in [4.78, 5) is 6.77. The molecule has 0 aliphatic carbocycles. The van der Waals surface area contributed by atoms with E-state index in [0.717, 1.165) is 22.3 Å². The maximum absolute atomic E-state index is 8.66. The second-order valence-electron chi connectivity index (χ2n) is 5.08. The Morgan fingerprint density at radius 2 is 2.15 bits per heavy atom. The van der Waals surface area contributed by atoms with Gasteiger partial charge < -0.3 is 15.8 Å². The number of aryl methyl sites for hydroxylation is 1. The molecule has 2 rings (SSSR count). The van der Waals surface area contributed by atoms with E-state index in [4.69, 9.17) is 15.9 Å². The molecule has 5 heteroatoms. The van der Waals surface area contributed by atoms with Crippen molar-refractivity contribution in [3.8, 4) is 0 Å². The average Bonchev–Trinajstić information content (AvgIpc) is 2.45. The van der Waals surface area contributed by atoms with Gasteiger partial charge in [0, 0.05) is 24.9 Å². The normalized spacial score (nSPS) is 13.4. The molecule has 1 atom stereocenters. The molecule has 5 nitrogen and oxygen atoms in total. The first-order valence-corrected chi connectivity index (χ1v) is 6.58. The lowest BCUT2D eigenvalue weighted by atomic mass is 10.1. The van der Waals surface area contributed by atoms with Crippen LogP contribution in [-0.2, 0) is 0 Å². The summed E-state index contributed by atoms with van der Waals surface area (Å²) in [5.41, 5.74) is 7.65. The standard InChI is InChI=1S/C15H20N4O/c1-10-8-12-6-4-5-7-13(12)17-15(10)19(3)11(2)9-14(16)18-20/h4-8,11,20H,9H2,1-3H3,(H2,16,18). The second-order valence-corrected chi connectivity index (χ2v) is 5.08. The summed E-state index contributed by atoms with van der Waals surface area (Å²) in [6, 6.07) is 10.3. The van der Waals surface area contributed by atoms with Crippen LogP contribution >= 0.6 is 0 Å². The van der Waals surface area contributed by atoms with E-state index < -0.39 is 0 Å². The molecule has 1 aromatic carbocycles. The van der Waals surface area contributed by atoms with E-state index in [0.29, 0.717) is 6.42 Å². The zero-order valence-electron chi connectivity index (χ0n) is 12.0. The Bertz CT molecular complexity index is 639. The second kappa shape index (κ2) is 5.77. The fourth-order valence-electron chi connectivity index (χ4n) is 2.26. The molecule has 1 unspecified atom stereocenters. The van der Waals surface area contributed by atoms with Crippen LogP contribution in [0.5, 0.6) is 0 Å². The Morgan fingerprint density at radius 1 is 1.45 bits per heavy atom. The molecule has 0 amide bonds. The lowest BCUT2D eigenvalue weighted by Crippen LogP contribution is -2.34. The topological polar surface area (TPSA) is 74.7 Å². The summed E-state index contributed by atoms with van der Waals surface area (Å²) in [5, 5.41) is 12.8. The number of amidine groups is 1. The van der Waals surface area contributed by atoms with Gasteiger partial charge in [-0.1, -0.05) is 23.4 Å². The number of para-hydroxylation sites is 1. The number of pyridine rings is 1. The highest BCUT2D eigenvalue weighted by Gasteiger charge is 2.15. The number of fused-ring (bicyclic) bond motifs is 1. The number of oxime groups is 1. The van der Waals surface area contributed by atoms with E-state index in [1.165, 1.54) is 0 Å². The van der Waals surface area contributed by atoms with Crippen LogP contribution in [0.3, 0.4) is 0 Å². The van der Waals surface area contributed by atoms with Crippen LogP contribution in [0.25, 0.3) is 10.9 Å². The van der Waals surface area contributed by atoms with Gasteiger partial charge in [-0.3, -0.25) is 0 Å². The highest BCUT2D eigenvalue weighted by molar-refractivity contribution is 5.82. The summed E-state index contributed by atoms with van der Waals surface area (Å²) in [6.07, 6.45) is 0.487. The number of rotatable bonds is 4. The minimum absolute atomic E-state index is 0.0956. The quantitative estimate of drug-likeness (QED) is 0.388. The molecule has 1 aromatic heterocycles. The monoisotopic (exact) mass is 272 g/mol. The van der Waals surface area contributed by atoms with Gasteiger partial charge in [-0.2, -0.15) is 0 Å². The maximum Gasteiger partial charge on any atom is 0.141 e. The van der Waals surface area contributed by atoms with Gasteiger partial charge in [0.05, 0.1) is 5.52 Å². The summed E-state index contributed by atoms with van der Waals surface area (Å²) in [7, 11) is 1.97. The predicted octanol–water partition coefficient (Wildman–Crippen LogP) is 2.50. The number of benzene rings is 1. The summed E-state index contributed by atoms with van der Waals surface area (Å²) < 4.78 is 0. The Balaban J connectivity index is 2.34. The minimum Gasteiger partial charge on any atom is -0.409 e. The molecular weight excluding hydrogens is 252 g/mol. The Morgan fingerprint density at radius 3 is 2.85 bits per heavy atom. The molecule has 3 N–H and O–H groups in total. The average molecular weight is 272 g/mol. The van der Waals surface area contributed by atoms with Gasteiger partial charge in [0.25, 0.3) is 0 Å². The Labute approximate surface area is 118 Å². The fraction of sp³-hybridized carbons (Fsp3) is 0.333. The molecule has 0 fully saturated rings. The van der Waals surface area contributed by atoms with Crippen molar-refractivity contribution in [3.05, 3.63) is 35.9 Å². The lowest BCUT2D eigenvalue weighted by molar-refractivity contribution is 0.316. The number of nitrogens with zero attached hydrogens (tertiary/aromatic N) is 3. The number of nitrogens with two attached hydrogens (primary N) is 1. The third-order valence-corrected chi connectivity index (χ3v) is 3.52. The molecule has 0 aliphatic heterocycles. The van der Waals surface area contributed by atoms with E-state index >= 15 is 0 Å². The van der Waals surface area contributed by atoms with Crippen molar-refractivity contribution in [1.29, 1.82) is 0 Å². The van der Waals surface area contributed by atoms with Crippen molar-refractivity contribution in [1.82, 2.24) is 4.98 Å². The Hall–Kier alpha value is -2.30. The third kappa shape index (κ3) is 2.82. The summed E-state index contributed by atoms with van der Waals surface area (Å²) >= 11 is 0. The molecule has 0 aliphatic rings. The first kappa shape index (κ1) is 14.1. The zero-order valence-corrected chi connectivity index (χ0v) is 12.0. The van der Waals surface area contributed by atoms with Crippen LogP contribution in [0.1, 0.15) is 18.9 Å². The zero-order chi connectivity index (χ0) is 14.7. The first-order chi connectivity index (χ1) is 9.52. The molecule has 106 valence electrons. The molecule has 2 aromatic rings. The van der Waals surface area contributed by atoms with Crippen molar-refractivity contribution in [3.63, 3.8) is 0 Å². The fourth-order valence-corrected chi connectivity index (χ4v) is 2.26. The van der Waals surface area contributed by atoms with Gasteiger partial charge in [-0.25, -0.2) is 4.98 Å². The predicted molar refractivity (Wildman–Crippen MR) is 82.4 cm³/mol. The summed E-state index contributed by atoms with van der Waals surface area (Å²) in [6.45, 7) is 4.07. The van der Waals surface area contributed by atoms with E-state index in [9.17, 15) is 0 Å². The number of hydrogen-bond donors (Lipinski definition) is 2. The molecule has 20 heavy (non-hydrogen) atoms. The van der Waals surface area contributed by atoms with Crippen molar-refractivity contribution in [2.45, 2.75) is 26.3 Å². The van der Waals surface area contributed by atoms with Crippen LogP contribution in [0.15, 0.2) is 35.5 Å². The van der Waals surface area contributed by atoms with Crippen LogP contribution in [0.4, 0.5) is 5.82 Å². The first-order valence-electron chi connectivity index (χ1n) is 6.58. The number of aromatic nitrogens is 1. The van der Waals surface area contributed by atoms with E-state index in [1.54, 1.807) is 0 Å². The Kier molecular flexibility index (Phi) is 4.08. The van der Waals surface area contributed by atoms with E-state index in [1.807, 2.05) is 39.1 Å². The van der Waals surface area contributed by atoms with Crippen molar-refractivity contribution < 1.29 is 5.21 Å². The number of hydrogen-bond acceptors (Lipinski definition) is 4. The lowest BCUT2D eigenvalue weighted by Gasteiger charge is -2.27. The molecule has 0 radical (unpaired) electrons. The minimum atomic E-state index is 0.0956. The molecule has 0 spiro atoms. The molecule has 0 bridgehead atoms. The van der Waals surface area contributed by atoms with Gasteiger partial charge in [-0.15, -0.1) is 0 Å². The van der Waals surface area contributed by atoms with Gasteiger partial charge in [0.15, 0.2) is 0 Å². The van der Waals surface area contributed by atoms with Crippen molar-refractivity contribution in [2.24, 2.45) is 10.9 Å². The van der Waals surface area contributed by atoms with Crippen molar-refractivity contribution in [2.75, 3.05) is 11.9 Å². The van der Waals surface area contributed by atoms with Crippen LogP contribution in [0.2, 0.25) is 0 Å². The molecule has 0 saturated carbocycles. The maximum atomic E-state index is 8.66. The largest absolute Gasteiger partial charge is 0.409 e.